The molecule has 1 rings (SSSR count). The SMILES string of the molecule is CCC=C(C)C(N)=O.O=C1CNC=N1. The summed E-state index contributed by atoms with van der Waals surface area (Å²) in [4.78, 5) is 23.6. The number of nitrogens with zero attached hydrogens (tertiary/aromatic N) is 1. The summed E-state index contributed by atoms with van der Waals surface area (Å²) in [5, 5.41) is 2.63. The van der Waals surface area contributed by atoms with Gasteiger partial charge in [0.15, 0.2) is 0 Å². The zero-order chi connectivity index (χ0) is 11.0. The van der Waals surface area contributed by atoms with Gasteiger partial charge in [0.25, 0.3) is 5.91 Å². The largest absolute Gasteiger partial charge is 0.367 e. The molecular weight excluding hydrogens is 182 g/mol. The van der Waals surface area contributed by atoms with Crippen molar-refractivity contribution in [2.45, 2.75) is 20.3 Å². The molecule has 0 atom stereocenters. The smallest absolute Gasteiger partial charge is 0.266 e. The Kier molecular flexibility index (Phi) is 6.02. The van der Waals surface area contributed by atoms with E-state index in [1.54, 1.807) is 6.92 Å². The van der Waals surface area contributed by atoms with E-state index in [2.05, 4.69) is 10.3 Å². The van der Waals surface area contributed by atoms with Gasteiger partial charge in [-0.2, -0.15) is 0 Å². The normalized spacial score (nSPS) is 14.4. The number of nitrogens with one attached hydrogen (secondary N) is 1. The molecule has 0 spiro atoms. The van der Waals surface area contributed by atoms with E-state index in [-0.39, 0.29) is 11.8 Å². The summed E-state index contributed by atoms with van der Waals surface area (Å²) < 4.78 is 0. The van der Waals surface area contributed by atoms with Gasteiger partial charge in [-0.05, 0) is 13.3 Å². The van der Waals surface area contributed by atoms with Crippen molar-refractivity contribution in [3.05, 3.63) is 11.6 Å². The Morgan fingerprint density at radius 1 is 1.79 bits per heavy atom. The summed E-state index contributed by atoms with van der Waals surface area (Å²) in [6.45, 7) is 4.05. The van der Waals surface area contributed by atoms with Crippen LogP contribution in [0.15, 0.2) is 16.6 Å². The maximum Gasteiger partial charge on any atom is 0.266 e. The fraction of sp³-hybridized carbons (Fsp3) is 0.444. The Balaban J connectivity index is 0.000000249. The Bertz CT molecular complexity index is 269. The van der Waals surface area contributed by atoms with E-state index < -0.39 is 0 Å². The monoisotopic (exact) mass is 197 g/mol. The first-order chi connectivity index (χ1) is 6.57. The molecule has 0 aliphatic carbocycles. The first-order valence-corrected chi connectivity index (χ1v) is 4.33. The van der Waals surface area contributed by atoms with Gasteiger partial charge in [-0.15, -0.1) is 0 Å². The van der Waals surface area contributed by atoms with Crippen LogP contribution in [0.25, 0.3) is 0 Å². The fourth-order valence-corrected chi connectivity index (χ4v) is 0.703. The van der Waals surface area contributed by atoms with Crippen LogP contribution in [0.1, 0.15) is 20.3 Å². The van der Waals surface area contributed by atoms with Crippen molar-refractivity contribution in [3.8, 4) is 0 Å². The number of primary amides is 1. The van der Waals surface area contributed by atoms with Crippen molar-refractivity contribution in [1.29, 1.82) is 0 Å². The van der Waals surface area contributed by atoms with E-state index in [4.69, 9.17) is 5.73 Å². The summed E-state index contributed by atoms with van der Waals surface area (Å²) >= 11 is 0. The second kappa shape index (κ2) is 6.82. The Hall–Kier alpha value is -1.65. The van der Waals surface area contributed by atoms with E-state index in [0.717, 1.165) is 6.42 Å². The van der Waals surface area contributed by atoms with Gasteiger partial charge in [-0.1, -0.05) is 13.0 Å². The molecule has 0 unspecified atom stereocenters. The van der Waals surface area contributed by atoms with Gasteiger partial charge in [0.05, 0.1) is 12.9 Å². The number of hydrogen-bond acceptors (Lipinski definition) is 3. The van der Waals surface area contributed by atoms with Crippen LogP contribution in [0.4, 0.5) is 0 Å². The topological polar surface area (TPSA) is 84.5 Å². The van der Waals surface area contributed by atoms with E-state index in [1.165, 1.54) is 6.34 Å². The van der Waals surface area contributed by atoms with Crippen LogP contribution < -0.4 is 11.1 Å². The molecule has 0 aromatic carbocycles. The highest BCUT2D eigenvalue weighted by Crippen LogP contribution is 1.91. The second-order valence-electron chi connectivity index (χ2n) is 2.69. The molecule has 0 bridgehead atoms. The lowest BCUT2D eigenvalue weighted by atomic mass is 10.2. The molecule has 14 heavy (non-hydrogen) atoms. The van der Waals surface area contributed by atoms with E-state index in [0.29, 0.717) is 12.1 Å². The molecule has 78 valence electrons. The number of nitrogens with two attached hydrogens (primary N) is 1. The molecule has 0 aromatic heterocycles. The fourth-order valence-electron chi connectivity index (χ4n) is 0.703. The maximum absolute atomic E-state index is 10.2. The molecule has 2 amide bonds. The van der Waals surface area contributed by atoms with E-state index >= 15 is 0 Å². The number of carbonyl (C=O) groups excluding carboxylic acids is 2. The van der Waals surface area contributed by atoms with Crippen molar-refractivity contribution in [3.63, 3.8) is 0 Å². The molecule has 5 heteroatoms. The van der Waals surface area contributed by atoms with E-state index in [9.17, 15) is 9.59 Å². The van der Waals surface area contributed by atoms with Gasteiger partial charge in [0, 0.05) is 5.57 Å². The lowest BCUT2D eigenvalue weighted by Crippen LogP contribution is -2.11. The van der Waals surface area contributed by atoms with Crippen LogP contribution in [-0.4, -0.2) is 24.7 Å². The van der Waals surface area contributed by atoms with Gasteiger partial charge < -0.3 is 11.1 Å². The van der Waals surface area contributed by atoms with Gasteiger partial charge >= 0.3 is 0 Å². The second-order valence-corrected chi connectivity index (χ2v) is 2.69. The summed E-state index contributed by atoms with van der Waals surface area (Å²) in [7, 11) is 0. The summed E-state index contributed by atoms with van der Waals surface area (Å²) in [6.07, 6.45) is 4.08. The van der Waals surface area contributed by atoms with Crippen LogP contribution in [0.3, 0.4) is 0 Å². The first-order valence-electron chi connectivity index (χ1n) is 4.33. The van der Waals surface area contributed by atoms with Crippen LogP contribution in [0, 0.1) is 0 Å². The minimum atomic E-state index is -0.327. The Morgan fingerprint density at radius 3 is 2.57 bits per heavy atom. The molecule has 0 radical (unpaired) electrons. The lowest BCUT2D eigenvalue weighted by molar-refractivity contribution is -0.116. The predicted molar refractivity (Wildman–Crippen MR) is 54.7 cm³/mol. The van der Waals surface area contributed by atoms with Crippen molar-refractivity contribution in [2.75, 3.05) is 6.54 Å². The number of carbonyl (C=O) groups is 2. The highest BCUT2D eigenvalue weighted by Gasteiger charge is 1.98. The van der Waals surface area contributed by atoms with Gasteiger partial charge in [-0.3, -0.25) is 9.59 Å². The quantitative estimate of drug-likeness (QED) is 0.610. The molecule has 0 saturated heterocycles. The number of rotatable bonds is 2. The van der Waals surface area contributed by atoms with Crippen molar-refractivity contribution in [2.24, 2.45) is 10.7 Å². The van der Waals surface area contributed by atoms with Crippen LogP contribution in [-0.2, 0) is 9.59 Å². The third kappa shape index (κ3) is 5.93. The average molecular weight is 197 g/mol. The van der Waals surface area contributed by atoms with Crippen LogP contribution in [0.5, 0.6) is 0 Å². The highest BCUT2D eigenvalue weighted by atomic mass is 16.2. The van der Waals surface area contributed by atoms with Crippen LogP contribution >= 0.6 is 0 Å². The molecule has 5 nitrogen and oxygen atoms in total. The number of allylic oxidation sites excluding steroid dienone is 1. The average Bonchev–Trinajstić information content (AvgIpc) is 2.57. The maximum atomic E-state index is 10.2. The van der Waals surface area contributed by atoms with Gasteiger partial charge in [0.2, 0.25) is 5.91 Å². The summed E-state index contributed by atoms with van der Waals surface area (Å²) in [6, 6.07) is 0. The van der Waals surface area contributed by atoms with Gasteiger partial charge in [-0.25, -0.2) is 4.99 Å². The molecule has 3 N–H and O–H groups in total. The van der Waals surface area contributed by atoms with Crippen molar-refractivity contribution < 1.29 is 9.59 Å². The molecule has 1 aliphatic heterocycles. The Labute approximate surface area is 83.1 Å². The first kappa shape index (κ1) is 12.3. The third-order valence-electron chi connectivity index (χ3n) is 1.45. The van der Waals surface area contributed by atoms with Crippen molar-refractivity contribution >= 4 is 18.2 Å². The van der Waals surface area contributed by atoms with Crippen LogP contribution in [0.2, 0.25) is 0 Å². The number of aliphatic imine (C=N–C) groups is 1. The third-order valence-corrected chi connectivity index (χ3v) is 1.45. The zero-order valence-electron chi connectivity index (χ0n) is 8.41. The molecule has 0 saturated carbocycles. The standard InChI is InChI=1S/C6H11NO.C3H4N2O/c1-3-4-5(2)6(7)8;6-3-1-4-2-5-3/h4H,3H2,1-2H3,(H2,7,8);2H,1H2,(H,4,5,6). The minimum absolute atomic E-state index is 0.0880. The zero-order valence-corrected chi connectivity index (χ0v) is 8.41. The molecule has 1 aliphatic rings. The summed E-state index contributed by atoms with van der Waals surface area (Å²) in [5.41, 5.74) is 5.56. The summed E-state index contributed by atoms with van der Waals surface area (Å²) in [5.74, 6) is -0.415. The lowest BCUT2D eigenvalue weighted by Gasteiger charge is -1.88. The highest BCUT2D eigenvalue weighted by molar-refractivity contribution is 5.91. The van der Waals surface area contributed by atoms with Crippen molar-refractivity contribution in [1.82, 2.24) is 5.32 Å². The van der Waals surface area contributed by atoms with Gasteiger partial charge in [0.1, 0.15) is 0 Å². The molecule has 1 heterocycles. The van der Waals surface area contributed by atoms with E-state index in [1.807, 2.05) is 13.0 Å². The minimum Gasteiger partial charge on any atom is -0.367 e. The molecule has 0 aromatic rings. The number of hydrogen-bond donors (Lipinski definition) is 2. The number of amides is 2. The Morgan fingerprint density at radius 2 is 2.43 bits per heavy atom. The molecular formula is C9H15N3O2. The molecule has 0 fully saturated rings. The predicted octanol–water partition coefficient (Wildman–Crippen LogP) is -0.0275.